The van der Waals surface area contributed by atoms with Crippen LogP contribution >= 0.6 is 0 Å². The SMILES string of the molecule is CN(C)C(=O)N1CCC2(CC1)C(=O)N(CC(=O)NCc1ccccc1)CN2c1ccccc1. The van der Waals surface area contributed by atoms with Crippen molar-refractivity contribution in [1.82, 2.24) is 20.0 Å². The summed E-state index contributed by atoms with van der Waals surface area (Å²) >= 11 is 0. The molecule has 2 aromatic carbocycles. The van der Waals surface area contributed by atoms with Crippen molar-refractivity contribution in [1.29, 1.82) is 0 Å². The van der Waals surface area contributed by atoms with Crippen LogP contribution in [0.1, 0.15) is 18.4 Å². The molecule has 1 N–H and O–H groups in total. The highest BCUT2D eigenvalue weighted by molar-refractivity contribution is 5.96. The maximum absolute atomic E-state index is 13.7. The second-order valence-corrected chi connectivity index (χ2v) is 8.87. The molecule has 4 amide bonds. The van der Waals surface area contributed by atoms with E-state index in [1.54, 1.807) is 28.8 Å². The van der Waals surface area contributed by atoms with Gasteiger partial charge in [0.25, 0.3) is 5.91 Å². The molecule has 0 unspecified atom stereocenters. The van der Waals surface area contributed by atoms with Gasteiger partial charge in [0.1, 0.15) is 12.1 Å². The van der Waals surface area contributed by atoms with Gasteiger partial charge in [-0.15, -0.1) is 0 Å². The van der Waals surface area contributed by atoms with Crippen LogP contribution in [0.25, 0.3) is 0 Å². The molecule has 0 saturated carbocycles. The van der Waals surface area contributed by atoms with E-state index in [0.29, 0.717) is 39.1 Å². The topological polar surface area (TPSA) is 76.2 Å². The van der Waals surface area contributed by atoms with Gasteiger partial charge in [0.05, 0.1) is 6.67 Å². The molecule has 1 spiro atoms. The Kier molecular flexibility index (Phi) is 6.53. The zero-order valence-electron chi connectivity index (χ0n) is 19.2. The number of carbonyl (C=O) groups is 3. The average molecular weight is 450 g/mol. The van der Waals surface area contributed by atoms with E-state index in [1.165, 1.54) is 0 Å². The summed E-state index contributed by atoms with van der Waals surface area (Å²) in [5.74, 6) is -0.226. The summed E-state index contributed by atoms with van der Waals surface area (Å²) < 4.78 is 0. The third-order valence-electron chi connectivity index (χ3n) is 6.49. The van der Waals surface area contributed by atoms with Crippen LogP contribution in [0.5, 0.6) is 0 Å². The summed E-state index contributed by atoms with van der Waals surface area (Å²) in [6.07, 6.45) is 1.06. The highest BCUT2D eigenvalue weighted by Crippen LogP contribution is 2.39. The van der Waals surface area contributed by atoms with Gasteiger partial charge in [-0.25, -0.2) is 4.79 Å². The van der Waals surface area contributed by atoms with Gasteiger partial charge in [0.2, 0.25) is 5.91 Å². The second kappa shape index (κ2) is 9.52. The minimum absolute atomic E-state index is 0.0110. The number of rotatable bonds is 5. The van der Waals surface area contributed by atoms with Crippen molar-refractivity contribution in [2.24, 2.45) is 0 Å². The molecular formula is C25H31N5O3. The molecule has 2 saturated heterocycles. The predicted octanol–water partition coefficient (Wildman–Crippen LogP) is 2.13. The van der Waals surface area contributed by atoms with E-state index in [2.05, 4.69) is 10.2 Å². The summed E-state index contributed by atoms with van der Waals surface area (Å²) in [5.41, 5.74) is 1.22. The molecule has 0 atom stereocenters. The van der Waals surface area contributed by atoms with Gasteiger partial charge in [0, 0.05) is 39.4 Å². The largest absolute Gasteiger partial charge is 0.350 e. The lowest BCUT2D eigenvalue weighted by Crippen LogP contribution is -2.58. The Hall–Kier alpha value is -3.55. The summed E-state index contributed by atoms with van der Waals surface area (Å²) in [6.45, 7) is 1.79. The van der Waals surface area contributed by atoms with E-state index in [0.717, 1.165) is 11.3 Å². The third kappa shape index (κ3) is 4.65. The first-order valence-corrected chi connectivity index (χ1v) is 11.3. The molecule has 8 heteroatoms. The number of hydrogen-bond donors (Lipinski definition) is 1. The number of anilines is 1. The number of carbonyl (C=O) groups excluding carboxylic acids is 3. The predicted molar refractivity (Wildman–Crippen MR) is 126 cm³/mol. The van der Waals surface area contributed by atoms with E-state index in [9.17, 15) is 14.4 Å². The fourth-order valence-corrected chi connectivity index (χ4v) is 4.70. The first kappa shape index (κ1) is 22.6. The van der Waals surface area contributed by atoms with Gasteiger partial charge in [-0.3, -0.25) is 9.59 Å². The molecule has 0 bridgehead atoms. The normalized spacial score (nSPS) is 17.4. The zero-order valence-corrected chi connectivity index (χ0v) is 19.2. The van der Waals surface area contributed by atoms with Gasteiger partial charge in [-0.2, -0.15) is 0 Å². The zero-order chi connectivity index (χ0) is 23.4. The molecule has 2 fully saturated rings. The summed E-state index contributed by atoms with van der Waals surface area (Å²) in [6, 6.07) is 19.5. The molecule has 0 aromatic heterocycles. The molecule has 2 heterocycles. The van der Waals surface area contributed by atoms with E-state index < -0.39 is 5.54 Å². The third-order valence-corrected chi connectivity index (χ3v) is 6.49. The summed E-state index contributed by atoms with van der Waals surface area (Å²) in [4.78, 5) is 45.9. The Labute approximate surface area is 194 Å². The lowest BCUT2D eigenvalue weighted by atomic mass is 9.85. The highest BCUT2D eigenvalue weighted by Gasteiger charge is 2.54. The molecule has 0 radical (unpaired) electrons. The number of piperidine rings is 1. The van der Waals surface area contributed by atoms with Crippen molar-refractivity contribution < 1.29 is 14.4 Å². The number of hydrogen-bond acceptors (Lipinski definition) is 4. The first-order valence-electron chi connectivity index (χ1n) is 11.3. The molecule has 2 aliphatic heterocycles. The lowest BCUT2D eigenvalue weighted by Gasteiger charge is -2.43. The van der Waals surface area contributed by atoms with Gasteiger partial charge in [-0.05, 0) is 30.5 Å². The monoisotopic (exact) mass is 449 g/mol. The highest BCUT2D eigenvalue weighted by atomic mass is 16.2. The Morgan fingerprint density at radius 1 is 0.970 bits per heavy atom. The summed E-state index contributed by atoms with van der Waals surface area (Å²) in [7, 11) is 3.47. The van der Waals surface area contributed by atoms with Crippen molar-refractivity contribution in [2.75, 3.05) is 45.3 Å². The Bertz CT molecular complexity index is 988. The van der Waals surface area contributed by atoms with Crippen LogP contribution in [0.3, 0.4) is 0 Å². The molecule has 33 heavy (non-hydrogen) atoms. The fourth-order valence-electron chi connectivity index (χ4n) is 4.70. The maximum atomic E-state index is 13.7. The number of likely N-dealkylation sites (tertiary alicyclic amines) is 1. The van der Waals surface area contributed by atoms with Crippen molar-refractivity contribution in [3.8, 4) is 0 Å². The summed E-state index contributed by atoms with van der Waals surface area (Å²) in [5, 5.41) is 2.92. The van der Waals surface area contributed by atoms with Crippen LogP contribution in [0, 0.1) is 0 Å². The van der Waals surface area contributed by atoms with E-state index in [-0.39, 0.29) is 24.4 Å². The van der Waals surface area contributed by atoms with Crippen molar-refractivity contribution >= 4 is 23.5 Å². The number of para-hydroxylation sites is 1. The Morgan fingerprint density at radius 2 is 1.58 bits per heavy atom. The van der Waals surface area contributed by atoms with Crippen LogP contribution in [0.4, 0.5) is 10.5 Å². The van der Waals surface area contributed by atoms with Crippen LogP contribution in [-0.2, 0) is 16.1 Å². The van der Waals surface area contributed by atoms with Gasteiger partial charge in [0.15, 0.2) is 0 Å². The molecule has 8 nitrogen and oxygen atoms in total. The smallest absolute Gasteiger partial charge is 0.319 e. The van der Waals surface area contributed by atoms with Gasteiger partial charge < -0.3 is 24.9 Å². The molecular weight excluding hydrogens is 418 g/mol. The van der Waals surface area contributed by atoms with Crippen LogP contribution in [-0.4, -0.2) is 78.5 Å². The minimum atomic E-state index is -0.746. The quantitative estimate of drug-likeness (QED) is 0.759. The molecule has 2 aromatic rings. The van der Waals surface area contributed by atoms with Crippen LogP contribution in [0.2, 0.25) is 0 Å². The Morgan fingerprint density at radius 3 is 2.18 bits per heavy atom. The molecule has 2 aliphatic rings. The number of urea groups is 1. The van der Waals surface area contributed by atoms with Crippen molar-refractivity contribution in [3.05, 3.63) is 66.2 Å². The minimum Gasteiger partial charge on any atom is -0.350 e. The second-order valence-electron chi connectivity index (χ2n) is 8.87. The fraction of sp³-hybridized carbons (Fsp3) is 0.400. The van der Waals surface area contributed by atoms with Gasteiger partial charge in [-0.1, -0.05) is 48.5 Å². The standard InChI is InChI=1S/C25H31N5O3/c1-27(2)24(33)28-15-13-25(14-16-28)23(32)29(19-30(25)21-11-7-4-8-12-21)18-22(31)26-17-20-9-5-3-6-10-20/h3-12H,13-19H2,1-2H3,(H,26,31). The lowest BCUT2D eigenvalue weighted by molar-refractivity contribution is -0.137. The van der Waals surface area contributed by atoms with Crippen LogP contribution < -0.4 is 10.2 Å². The Balaban J connectivity index is 1.48. The van der Waals surface area contributed by atoms with Gasteiger partial charge >= 0.3 is 6.03 Å². The van der Waals surface area contributed by atoms with Crippen molar-refractivity contribution in [2.45, 2.75) is 24.9 Å². The number of benzene rings is 2. The molecule has 4 rings (SSSR count). The van der Waals surface area contributed by atoms with E-state index >= 15 is 0 Å². The van der Waals surface area contributed by atoms with E-state index in [4.69, 9.17) is 0 Å². The number of nitrogens with zero attached hydrogens (tertiary/aromatic N) is 4. The van der Waals surface area contributed by atoms with Crippen LogP contribution in [0.15, 0.2) is 60.7 Å². The first-order chi connectivity index (χ1) is 15.9. The van der Waals surface area contributed by atoms with E-state index in [1.807, 2.05) is 60.7 Å². The maximum Gasteiger partial charge on any atom is 0.319 e. The average Bonchev–Trinajstić information content (AvgIpc) is 3.10. The number of amides is 4. The molecule has 0 aliphatic carbocycles. The molecule has 174 valence electrons. The number of nitrogens with one attached hydrogen (secondary N) is 1. The van der Waals surface area contributed by atoms with Crippen molar-refractivity contribution in [3.63, 3.8) is 0 Å².